The zero-order valence-corrected chi connectivity index (χ0v) is 18.0. The molecular weight excluding hydrogens is 442 g/mol. The average molecular weight is 461 g/mol. The van der Waals surface area contributed by atoms with Crippen LogP contribution < -0.4 is 10.1 Å². The summed E-state index contributed by atoms with van der Waals surface area (Å²) in [6.45, 7) is 2.22. The number of anilines is 2. The van der Waals surface area contributed by atoms with E-state index < -0.39 is 10.9 Å². The highest BCUT2D eigenvalue weighted by Gasteiger charge is 2.17. The van der Waals surface area contributed by atoms with Crippen LogP contribution in [0.25, 0.3) is 11.5 Å². The second kappa shape index (κ2) is 10.2. The number of esters is 1. The van der Waals surface area contributed by atoms with Gasteiger partial charge in [-0.05, 0) is 55.5 Å². The lowest BCUT2D eigenvalue weighted by Gasteiger charge is -2.11. The molecule has 0 unspecified atom stereocenters. The quantitative estimate of drug-likeness (QED) is 0.214. The molecule has 0 atom stereocenters. The number of hydrogen-bond donors (Lipinski definition) is 1. The van der Waals surface area contributed by atoms with Crippen LogP contribution in [0.15, 0.2) is 71.3 Å². The normalized spacial score (nSPS) is 10.5. The third kappa shape index (κ3) is 5.33. The van der Waals surface area contributed by atoms with Crippen molar-refractivity contribution >= 4 is 23.2 Å². The lowest BCUT2D eigenvalue weighted by atomic mass is 10.2. The van der Waals surface area contributed by atoms with Crippen LogP contribution in [0.2, 0.25) is 0 Å². The van der Waals surface area contributed by atoms with Gasteiger partial charge in [-0.2, -0.15) is 0 Å². The molecular formula is C23H19N5O6. The summed E-state index contributed by atoms with van der Waals surface area (Å²) in [6.07, 6.45) is 1.56. The van der Waals surface area contributed by atoms with Crippen molar-refractivity contribution in [2.45, 2.75) is 13.5 Å². The van der Waals surface area contributed by atoms with Crippen molar-refractivity contribution in [1.29, 1.82) is 0 Å². The molecule has 172 valence electrons. The lowest BCUT2D eigenvalue weighted by Crippen LogP contribution is -2.09. The first-order valence-corrected chi connectivity index (χ1v) is 10.2. The van der Waals surface area contributed by atoms with Crippen molar-refractivity contribution in [2.24, 2.45) is 0 Å². The fourth-order valence-electron chi connectivity index (χ4n) is 2.97. The summed E-state index contributed by atoms with van der Waals surface area (Å²) in [5.41, 5.74) is 1.40. The molecule has 4 rings (SSSR count). The third-order valence-electron chi connectivity index (χ3n) is 4.57. The predicted octanol–water partition coefficient (Wildman–Crippen LogP) is 4.54. The first-order chi connectivity index (χ1) is 16.5. The number of nitrogens with zero attached hydrogens (tertiary/aromatic N) is 4. The third-order valence-corrected chi connectivity index (χ3v) is 4.57. The van der Waals surface area contributed by atoms with Crippen molar-refractivity contribution in [3.63, 3.8) is 0 Å². The summed E-state index contributed by atoms with van der Waals surface area (Å²) in [5, 5.41) is 21.6. The van der Waals surface area contributed by atoms with Gasteiger partial charge in [-0.15, -0.1) is 10.2 Å². The molecule has 0 spiro atoms. The molecule has 0 aliphatic carbocycles. The van der Waals surface area contributed by atoms with E-state index in [0.29, 0.717) is 18.0 Å². The molecule has 0 amide bonds. The van der Waals surface area contributed by atoms with Gasteiger partial charge in [0, 0.05) is 29.6 Å². The van der Waals surface area contributed by atoms with Gasteiger partial charge in [-0.25, -0.2) is 9.78 Å². The number of hydrogen-bond acceptors (Lipinski definition) is 10. The highest BCUT2D eigenvalue weighted by molar-refractivity contribution is 5.95. The summed E-state index contributed by atoms with van der Waals surface area (Å²) in [4.78, 5) is 27.2. The molecule has 0 aliphatic rings. The van der Waals surface area contributed by atoms with Gasteiger partial charge in [0.05, 0.1) is 11.5 Å². The Morgan fingerprint density at radius 1 is 1.09 bits per heavy atom. The maximum atomic E-state index is 12.7. The van der Waals surface area contributed by atoms with Crippen LogP contribution in [-0.4, -0.2) is 32.7 Å². The SMILES string of the molecule is CCOc1ccc(Nc2ncccc2C(=O)OCc2nnc(-c3ccc([N+](=O)[O-])cc3)o2)cc1. The number of nitro groups is 1. The number of benzene rings is 2. The molecule has 0 radical (unpaired) electrons. The van der Waals surface area contributed by atoms with Gasteiger partial charge in [-0.3, -0.25) is 10.1 Å². The summed E-state index contributed by atoms with van der Waals surface area (Å²) < 4.78 is 16.2. The summed E-state index contributed by atoms with van der Waals surface area (Å²) >= 11 is 0. The zero-order valence-electron chi connectivity index (χ0n) is 18.0. The minimum atomic E-state index is -0.628. The molecule has 0 fully saturated rings. The van der Waals surface area contributed by atoms with Crippen molar-refractivity contribution < 1.29 is 23.6 Å². The number of rotatable bonds is 9. The Balaban J connectivity index is 1.40. The van der Waals surface area contributed by atoms with E-state index in [4.69, 9.17) is 13.9 Å². The van der Waals surface area contributed by atoms with Crippen LogP contribution in [0.3, 0.4) is 0 Å². The first kappa shape index (κ1) is 22.4. The second-order valence-electron chi connectivity index (χ2n) is 6.86. The monoisotopic (exact) mass is 461 g/mol. The van der Waals surface area contributed by atoms with Crippen LogP contribution >= 0.6 is 0 Å². The zero-order chi connectivity index (χ0) is 23.9. The molecule has 0 saturated carbocycles. The summed E-state index contributed by atoms with van der Waals surface area (Å²) in [7, 11) is 0. The topological polar surface area (TPSA) is 143 Å². The number of non-ortho nitro benzene ring substituents is 1. The summed E-state index contributed by atoms with van der Waals surface area (Å²) in [6, 6.07) is 16.1. The van der Waals surface area contributed by atoms with Gasteiger partial charge in [0.25, 0.3) is 11.6 Å². The Hall–Kier alpha value is -4.80. The number of ether oxygens (including phenoxy) is 2. The number of nitro benzene ring substituents is 1. The van der Waals surface area contributed by atoms with Gasteiger partial charge >= 0.3 is 5.97 Å². The van der Waals surface area contributed by atoms with E-state index in [9.17, 15) is 14.9 Å². The van der Waals surface area contributed by atoms with E-state index in [1.807, 2.05) is 31.2 Å². The number of carbonyl (C=O) groups excluding carboxylic acids is 1. The van der Waals surface area contributed by atoms with Crippen molar-refractivity contribution in [3.8, 4) is 17.2 Å². The molecule has 2 aromatic heterocycles. The van der Waals surface area contributed by atoms with E-state index in [1.165, 1.54) is 24.3 Å². The highest BCUT2D eigenvalue weighted by Crippen LogP contribution is 2.23. The number of carbonyl (C=O) groups is 1. The van der Waals surface area contributed by atoms with E-state index in [0.717, 1.165) is 11.4 Å². The standard InChI is InChI=1S/C23H19N5O6/c1-2-32-18-11-7-16(8-12-18)25-21-19(4-3-13-24-21)23(29)33-14-20-26-27-22(34-20)15-5-9-17(10-6-15)28(30)31/h3-13H,2,14H2,1H3,(H,24,25). The van der Waals surface area contributed by atoms with Gasteiger partial charge in [0.1, 0.15) is 17.1 Å². The fraction of sp³-hybridized carbons (Fsp3) is 0.130. The van der Waals surface area contributed by atoms with E-state index >= 15 is 0 Å². The molecule has 11 nitrogen and oxygen atoms in total. The second-order valence-corrected chi connectivity index (χ2v) is 6.86. The van der Waals surface area contributed by atoms with Gasteiger partial charge in [0.2, 0.25) is 5.89 Å². The highest BCUT2D eigenvalue weighted by atomic mass is 16.6. The number of nitrogens with one attached hydrogen (secondary N) is 1. The summed E-state index contributed by atoms with van der Waals surface area (Å²) in [5.74, 6) is 0.665. The molecule has 34 heavy (non-hydrogen) atoms. The van der Waals surface area contributed by atoms with Gasteiger partial charge in [0.15, 0.2) is 6.61 Å². The van der Waals surface area contributed by atoms with Crippen LogP contribution in [0.5, 0.6) is 5.75 Å². The lowest BCUT2D eigenvalue weighted by molar-refractivity contribution is -0.384. The Morgan fingerprint density at radius 2 is 1.85 bits per heavy atom. The molecule has 2 aromatic carbocycles. The van der Waals surface area contributed by atoms with E-state index in [2.05, 4.69) is 20.5 Å². The largest absolute Gasteiger partial charge is 0.494 e. The minimum Gasteiger partial charge on any atom is -0.494 e. The molecule has 1 N–H and O–H groups in total. The molecule has 2 heterocycles. The average Bonchev–Trinajstić information content (AvgIpc) is 3.33. The van der Waals surface area contributed by atoms with Crippen LogP contribution in [0.1, 0.15) is 23.2 Å². The Kier molecular flexibility index (Phi) is 6.73. The number of pyridine rings is 1. The fourth-order valence-corrected chi connectivity index (χ4v) is 2.97. The first-order valence-electron chi connectivity index (χ1n) is 10.2. The maximum absolute atomic E-state index is 12.7. The van der Waals surface area contributed by atoms with Crippen molar-refractivity contribution in [3.05, 3.63) is 88.4 Å². The van der Waals surface area contributed by atoms with Crippen LogP contribution in [0.4, 0.5) is 17.2 Å². The van der Waals surface area contributed by atoms with Gasteiger partial charge in [-0.1, -0.05) is 0 Å². The predicted molar refractivity (Wildman–Crippen MR) is 121 cm³/mol. The molecule has 0 aliphatic heterocycles. The van der Waals surface area contributed by atoms with Crippen molar-refractivity contribution in [1.82, 2.24) is 15.2 Å². The maximum Gasteiger partial charge on any atom is 0.342 e. The van der Waals surface area contributed by atoms with E-state index in [-0.39, 0.29) is 29.6 Å². The van der Waals surface area contributed by atoms with E-state index in [1.54, 1.807) is 18.3 Å². The molecule has 0 bridgehead atoms. The molecule has 4 aromatic rings. The number of aromatic nitrogens is 3. The Morgan fingerprint density at radius 3 is 2.56 bits per heavy atom. The van der Waals surface area contributed by atoms with Crippen LogP contribution in [-0.2, 0) is 11.3 Å². The molecule has 11 heteroatoms. The Bertz CT molecular complexity index is 1290. The Labute approximate surface area is 193 Å². The minimum absolute atomic E-state index is 0.0523. The van der Waals surface area contributed by atoms with Gasteiger partial charge < -0.3 is 19.2 Å². The van der Waals surface area contributed by atoms with Crippen LogP contribution in [0, 0.1) is 10.1 Å². The van der Waals surface area contributed by atoms with Crippen molar-refractivity contribution in [2.75, 3.05) is 11.9 Å². The molecule has 0 saturated heterocycles. The smallest absolute Gasteiger partial charge is 0.342 e.